The zero-order chi connectivity index (χ0) is 13.7. The minimum Gasteiger partial charge on any atom is -0.323 e. The summed E-state index contributed by atoms with van der Waals surface area (Å²) in [5.74, 6) is -0.890. The lowest BCUT2D eigenvalue weighted by molar-refractivity contribution is 1.02. The van der Waals surface area contributed by atoms with Crippen molar-refractivity contribution in [1.82, 2.24) is 5.32 Å². The van der Waals surface area contributed by atoms with E-state index < -0.39 is 5.92 Å². The molecule has 0 aromatic rings. The van der Waals surface area contributed by atoms with E-state index in [0.717, 1.165) is 0 Å². The SMILES string of the molecule is CNC.N#CC(C#N)=C/C(Br)=C/C(C#N)C#N. The van der Waals surface area contributed by atoms with Crippen molar-refractivity contribution < 1.29 is 0 Å². The van der Waals surface area contributed by atoms with E-state index in [-0.39, 0.29) is 5.57 Å². The summed E-state index contributed by atoms with van der Waals surface area (Å²) in [7, 11) is 3.75. The van der Waals surface area contributed by atoms with Gasteiger partial charge in [-0.05, 0) is 26.2 Å². The first-order chi connectivity index (χ1) is 8.09. The van der Waals surface area contributed by atoms with Gasteiger partial charge in [-0.1, -0.05) is 15.9 Å². The molecule has 86 valence electrons. The minimum atomic E-state index is -0.890. The molecule has 0 aromatic heterocycles. The molecule has 0 atom stereocenters. The highest BCUT2D eigenvalue weighted by molar-refractivity contribution is 9.11. The Morgan fingerprint density at radius 2 is 1.53 bits per heavy atom. The monoisotopic (exact) mass is 291 g/mol. The van der Waals surface area contributed by atoms with Crippen molar-refractivity contribution in [3.63, 3.8) is 0 Å². The van der Waals surface area contributed by atoms with Crippen molar-refractivity contribution in [3.05, 3.63) is 22.2 Å². The summed E-state index contributed by atoms with van der Waals surface area (Å²) in [6.07, 6.45) is 2.57. The van der Waals surface area contributed by atoms with Crippen LogP contribution >= 0.6 is 15.9 Å². The van der Waals surface area contributed by atoms with Crippen LogP contribution in [-0.2, 0) is 0 Å². The highest BCUT2D eigenvalue weighted by atomic mass is 79.9. The number of nitrogens with one attached hydrogen (secondary N) is 1. The van der Waals surface area contributed by atoms with E-state index in [1.165, 1.54) is 12.2 Å². The molecule has 0 rings (SSSR count). The van der Waals surface area contributed by atoms with Crippen LogP contribution in [0, 0.1) is 51.2 Å². The highest BCUT2D eigenvalue weighted by Gasteiger charge is 2.01. The Morgan fingerprint density at radius 1 is 1.12 bits per heavy atom. The summed E-state index contributed by atoms with van der Waals surface area (Å²) >= 11 is 3.02. The molecule has 0 heterocycles. The molecule has 1 N–H and O–H groups in total. The Morgan fingerprint density at radius 3 is 1.82 bits per heavy atom. The summed E-state index contributed by atoms with van der Waals surface area (Å²) in [5.41, 5.74) is -0.0947. The number of halogens is 1. The second-order valence-electron chi connectivity index (χ2n) is 2.57. The van der Waals surface area contributed by atoms with Crippen LogP contribution in [0.3, 0.4) is 0 Å². The van der Waals surface area contributed by atoms with Crippen molar-refractivity contribution in [2.24, 2.45) is 5.92 Å². The van der Waals surface area contributed by atoms with Crippen LogP contribution in [-0.4, -0.2) is 14.1 Å². The summed E-state index contributed by atoms with van der Waals surface area (Å²) in [5, 5.41) is 36.4. The van der Waals surface area contributed by atoms with Gasteiger partial charge in [-0.3, -0.25) is 0 Å². The molecular formula is C11H10BrN5. The largest absolute Gasteiger partial charge is 0.323 e. The van der Waals surface area contributed by atoms with E-state index in [9.17, 15) is 0 Å². The smallest absolute Gasteiger partial charge is 0.152 e. The van der Waals surface area contributed by atoms with Crippen LogP contribution in [0.15, 0.2) is 22.2 Å². The van der Waals surface area contributed by atoms with Gasteiger partial charge in [0, 0.05) is 4.48 Å². The van der Waals surface area contributed by atoms with Gasteiger partial charge in [-0.15, -0.1) is 0 Å². The third-order valence-corrected chi connectivity index (χ3v) is 1.62. The van der Waals surface area contributed by atoms with E-state index in [0.29, 0.717) is 4.48 Å². The summed E-state index contributed by atoms with van der Waals surface area (Å²) < 4.78 is 0.365. The first-order valence-electron chi connectivity index (χ1n) is 4.36. The van der Waals surface area contributed by atoms with Gasteiger partial charge in [0.25, 0.3) is 0 Å². The van der Waals surface area contributed by atoms with Crippen molar-refractivity contribution in [3.8, 4) is 24.3 Å². The number of hydrogen-bond acceptors (Lipinski definition) is 5. The second kappa shape index (κ2) is 12.0. The van der Waals surface area contributed by atoms with Gasteiger partial charge in [-0.2, -0.15) is 21.0 Å². The van der Waals surface area contributed by atoms with E-state index in [1.54, 1.807) is 24.3 Å². The maximum absolute atomic E-state index is 8.43. The maximum atomic E-state index is 8.43. The number of rotatable bonds is 2. The third kappa shape index (κ3) is 10.2. The molecule has 0 aromatic carbocycles. The molecule has 0 aliphatic carbocycles. The lowest BCUT2D eigenvalue weighted by Crippen LogP contribution is -1.89. The summed E-state index contributed by atoms with van der Waals surface area (Å²) in [6, 6.07) is 6.77. The molecule has 17 heavy (non-hydrogen) atoms. The maximum Gasteiger partial charge on any atom is 0.152 e. The summed E-state index contributed by atoms with van der Waals surface area (Å²) in [4.78, 5) is 0. The molecule has 5 nitrogen and oxygen atoms in total. The van der Waals surface area contributed by atoms with Gasteiger partial charge >= 0.3 is 0 Å². The van der Waals surface area contributed by atoms with Crippen molar-refractivity contribution in [2.45, 2.75) is 0 Å². The van der Waals surface area contributed by atoms with Crippen molar-refractivity contribution >= 4 is 15.9 Å². The molecule has 0 spiro atoms. The standard InChI is InChI=1S/C9H3BrN4.C2H7N/c10-9(1-7(3-11)4-12)2-8(5-13)6-14;1-3-2/h1-2,7H;3H,1-2H3/b9-1-;. The molecule has 0 unspecified atom stereocenters. The van der Waals surface area contributed by atoms with E-state index in [4.69, 9.17) is 21.0 Å². The number of nitrogens with zero attached hydrogens (tertiary/aromatic N) is 4. The van der Waals surface area contributed by atoms with Gasteiger partial charge in [0.1, 0.15) is 17.7 Å². The normalized spacial score (nSPS) is 8.59. The van der Waals surface area contributed by atoms with Crippen LogP contribution < -0.4 is 5.32 Å². The average Bonchev–Trinajstić information content (AvgIpc) is 2.34. The topological polar surface area (TPSA) is 107 Å². The Labute approximate surface area is 109 Å². The van der Waals surface area contributed by atoms with Crippen LogP contribution in [0.4, 0.5) is 0 Å². The van der Waals surface area contributed by atoms with Gasteiger partial charge in [-0.25, -0.2) is 0 Å². The Balaban J connectivity index is 0. The van der Waals surface area contributed by atoms with Gasteiger partial charge in [0.15, 0.2) is 5.92 Å². The predicted molar refractivity (Wildman–Crippen MR) is 66.0 cm³/mol. The van der Waals surface area contributed by atoms with Gasteiger partial charge in [0.2, 0.25) is 0 Å². The lowest BCUT2D eigenvalue weighted by atomic mass is 10.2. The van der Waals surface area contributed by atoms with E-state index in [2.05, 4.69) is 21.2 Å². The number of hydrogen-bond donors (Lipinski definition) is 1. The Kier molecular flexibility index (Phi) is 12.1. The molecule has 0 bridgehead atoms. The lowest BCUT2D eigenvalue weighted by Gasteiger charge is -1.90. The van der Waals surface area contributed by atoms with Crippen LogP contribution in [0.1, 0.15) is 0 Å². The minimum absolute atomic E-state index is 0.0947. The van der Waals surface area contributed by atoms with Gasteiger partial charge in [0.05, 0.1) is 12.1 Å². The van der Waals surface area contributed by atoms with Crippen LogP contribution in [0.5, 0.6) is 0 Å². The van der Waals surface area contributed by atoms with E-state index >= 15 is 0 Å². The molecule has 0 fully saturated rings. The van der Waals surface area contributed by atoms with Gasteiger partial charge < -0.3 is 5.32 Å². The van der Waals surface area contributed by atoms with Crippen molar-refractivity contribution in [2.75, 3.05) is 14.1 Å². The predicted octanol–water partition coefficient (Wildman–Crippen LogP) is 1.74. The molecular weight excluding hydrogens is 282 g/mol. The first kappa shape index (κ1) is 17.3. The number of nitriles is 4. The molecule has 6 heteroatoms. The Hall–Kier alpha value is -2.12. The molecule has 0 saturated carbocycles. The fraction of sp³-hybridized carbons (Fsp3) is 0.273. The average molecular weight is 292 g/mol. The molecule has 0 amide bonds. The second-order valence-corrected chi connectivity index (χ2v) is 3.48. The fourth-order valence-corrected chi connectivity index (χ4v) is 1.03. The Bertz CT molecular complexity index is 420. The zero-order valence-corrected chi connectivity index (χ0v) is 11.0. The fourth-order valence-electron chi connectivity index (χ4n) is 0.538. The molecule has 0 aliphatic heterocycles. The van der Waals surface area contributed by atoms with E-state index in [1.807, 2.05) is 14.1 Å². The number of allylic oxidation sites excluding steroid dienone is 4. The summed E-state index contributed by atoms with van der Waals surface area (Å²) in [6.45, 7) is 0. The molecule has 0 aliphatic rings. The quantitative estimate of drug-likeness (QED) is 0.616. The highest BCUT2D eigenvalue weighted by Crippen LogP contribution is 2.12. The first-order valence-corrected chi connectivity index (χ1v) is 5.15. The van der Waals surface area contributed by atoms with Crippen molar-refractivity contribution in [1.29, 1.82) is 21.0 Å². The zero-order valence-electron chi connectivity index (χ0n) is 9.40. The molecule has 0 saturated heterocycles. The molecule has 0 radical (unpaired) electrons. The third-order valence-electron chi connectivity index (χ3n) is 1.13. The van der Waals surface area contributed by atoms with Crippen LogP contribution in [0.25, 0.3) is 0 Å². The van der Waals surface area contributed by atoms with Crippen LogP contribution in [0.2, 0.25) is 0 Å².